The fourth-order valence-corrected chi connectivity index (χ4v) is 4.66. The summed E-state index contributed by atoms with van der Waals surface area (Å²) in [5.41, 5.74) is 6.27. The highest BCUT2D eigenvalue weighted by Gasteiger charge is 2.23. The van der Waals surface area contributed by atoms with E-state index >= 15 is 0 Å². The van der Waals surface area contributed by atoms with Gasteiger partial charge in [0, 0.05) is 40.1 Å². The monoisotopic (exact) mass is 442 g/mol. The first-order valence-corrected chi connectivity index (χ1v) is 11.3. The molecule has 6 rings (SSSR count). The topological polar surface area (TPSA) is 57.9 Å². The van der Waals surface area contributed by atoms with Crippen LogP contribution in [-0.2, 0) is 0 Å². The first-order valence-electron chi connectivity index (χ1n) is 11.3. The summed E-state index contributed by atoms with van der Waals surface area (Å²) < 4.78 is 5.61. The lowest BCUT2D eigenvalue weighted by atomic mass is 9.85. The summed E-state index contributed by atoms with van der Waals surface area (Å²) in [7, 11) is 0. The van der Waals surface area contributed by atoms with E-state index in [1.807, 2.05) is 54.6 Å². The van der Waals surface area contributed by atoms with Gasteiger partial charge in [-0.15, -0.1) is 0 Å². The van der Waals surface area contributed by atoms with Crippen LogP contribution in [0.25, 0.3) is 21.8 Å². The molecule has 0 atom stereocenters. The van der Waals surface area contributed by atoms with E-state index in [4.69, 9.17) is 4.74 Å². The van der Waals surface area contributed by atoms with Gasteiger partial charge in [-0.2, -0.15) is 0 Å². The lowest BCUT2D eigenvalue weighted by molar-refractivity contribution is 0.0734. The molecule has 164 valence electrons. The molecule has 0 aliphatic carbocycles. The predicted octanol–water partition coefficient (Wildman–Crippen LogP) is 7.05. The molecule has 4 nitrogen and oxygen atoms in total. The Kier molecular flexibility index (Phi) is 4.96. The van der Waals surface area contributed by atoms with Crippen molar-refractivity contribution in [2.45, 2.75) is 5.92 Å². The third-order valence-electron chi connectivity index (χ3n) is 6.30. The molecule has 34 heavy (non-hydrogen) atoms. The van der Waals surface area contributed by atoms with Crippen molar-refractivity contribution in [1.82, 2.24) is 9.97 Å². The van der Waals surface area contributed by atoms with Crippen LogP contribution in [0.15, 0.2) is 116 Å². The predicted molar refractivity (Wildman–Crippen MR) is 135 cm³/mol. The Labute approximate surface area is 196 Å². The molecule has 0 bridgehead atoms. The highest BCUT2D eigenvalue weighted by atomic mass is 16.5. The quantitative estimate of drug-likeness (QED) is 0.222. The Bertz CT molecular complexity index is 1520. The zero-order valence-corrected chi connectivity index (χ0v) is 18.4. The maximum absolute atomic E-state index is 12.5. The standard InChI is InChI=1S/C30H22N2O2/c33-30(21-8-2-1-3-9-21)34-22-16-14-20(15-17-22)29(25-18-31-27-12-6-4-10-23(25)27)26-19-32-28-13-7-5-11-24(26)28/h1-19,29,31-32H. The molecule has 0 radical (unpaired) electrons. The second-order valence-corrected chi connectivity index (χ2v) is 8.34. The van der Waals surface area contributed by atoms with E-state index in [-0.39, 0.29) is 11.9 Å². The zero-order valence-electron chi connectivity index (χ0n) is 18.4. The Balaban J connectivity index is 1.42. The number of nitrogens with one attached hydrogen (secondary N) is 2. The van der Waals surface area contributed by atoms with E-state index < -0.39 is 0 Å². The number of aromatic nitrogens is 2. The number of hydrogen-bond donors (Lipinski definition) is 2. The molecule has 4 heteroatoms. The second-order valence-electron chi connectivity index (χ2n) is 8.34. The summed E-state index contributed by atoms with van der Waals surface area (Å²) in [6.07, 6.45) is 4.20. The van der Waals surface area contributed by atoms with Gasteiger partial charge in [0.1, 0.15) is 5.75 Å². The number of aromatic amines is 2. The van der Waals surface area contributed by atoms with E-state index in [0.717, 1.165) is 16.6 Å². The Morgan fingerprint density at radius 1 is 0.618 bits per heavy atom. The van der Waals surface area contributed by atoms with Gasteiger partial charge < -0.3 is 14.7 Å². The van der Waals surface area contributed by atoms with E-state index in [1.54, 1.807) is 12.1 Å². The van der Waals surface area contributed by atoms with Crippen molar-refractivity contribution >= 4 is 27.8 Å². The molecule has 4 aromatic carbocycles. The van der Waals surface area contributed by atoms with Crippen LogP contribution < -0.4 is 4.74 Å². The van der Waals surface area contributed by atoms with E-state index in [2.05, 4.69) is 58.8 Å². The number of hydrogen-bond acceptors (Lipinski definition) is 2. The fourth-order valence-electron chi connectivity index (χ4n) is 4.66. The van der Waals surface area contributed by atoms with Crippen molar-refractivity contribution in [2.24, 2.45) is 0 Å². The van der Waals surface area contributed by atoms with E-state index in [9.17, 15) is 4.79 Å². The van der Waals surface area contributed by atoms with Crippen LogP contribution in [0, 0.1) is 0 Å². The lowest BCUT2D eigenvalue weighted by Gasteiger charge is -2.18. The normalized spacial score (nSPS) is 11.3. The first kappa shape index (κ1) is 20.1. The van der Waals surface area contributed by atoms with Gasteiger partial charge in [-0.1, -0.05) is 66.7 Å². The van der Waals surface area contributed by atoms with Crippen LogP contribution in [0.5, 0.6) is 5.75 Å². The summed E-state index contributed by atoms with van der Waals surface area (Å²) in [5.74, 6) is 0.165. The molecule has 0 saturated heterocycles. The van der Waals surface area contributed by atoms with Crippen molar-refractivity contribution in [3.8, 4) is 5.75 Å². The number of ether oxygens (including phenoxy) is 1. The molecule has 0 saturated carbocycles. The summed E-state index contributed by atoms with van der Waals surface area (Å²) in [5, 5.41) is 2.38. The van der Waals surface area contributed by atoms with Gasteiger partial charge in [0.15, 0.2) is 0 Å². The number of carbonyl (C=O) groups is 1. The third kappa shape index (κ3) is 3.55. The molecule has 0 fully saturated rings. The van der Waals surface area contributed by atoms with E-state index in [0.29, 0.717) is 11.3 Å². The highest BCUT2D eigenvalue weighted by molar-refractivity contribution is 5.91. The van der Waals surface area contributed by atoms with Gasteiger partial charge in [-0.3, -0.25) is 0 Å². The average molecular weight is 443 g/mol. The number of rotatable bonds is 5. The second kappa shape index (κ2) is 8.41. The van der Waals surface area contributed by atoms with E-state index in [1.165, 1.54) is 21.9 Å². The van der Waals surface area contributed by atoms with Gasteiger partial charge in [0.25, 0.3) is 0 Å². The van der Waals surface area contributed by atoms with Crippen molar-refractivity contribution < 1.29 is 9.53 Å². The van der Waals surface area contributed by atoms with Gasteiger partial charge in [0.2, 0.25) is 0 Å². The molecule has 2 heterocycles. The van der Waals surface area contributed by atoms with Gasteiger partial charge in [-0.05, 0) is 53.1 Å². The number of esters is 1. The first-order chi connectivity index (χ1) is 16.8. The number of H-pyrrole nitrogens is 2. The minimum absolute atomic E-state index is 0.00572. The molecule has 0 unspecified atom stereocenters. The number of fused-ring (bicyclic) bond motifs is 2. The molecule has 0 aliphatic heterocycles. The molecule has 2 aromatic heterocycles. The summed E-state index contributed by atoms with van der Waals surface area (Å²) >= 11 is 0. The zero-order chi connectivity index (χ0) is 22.9. The molecule has 0 amide bonds. The van der Waals surface area contributed by atoms with Crippen molar-refractivity contribution in [2.75, 3.05) is 0 Å². The Morgan fingerprint density at radius 2 is 1.15 bits per heavy atom. The van der Waals surface area contributed by atoms with Crippen LogP contribution in [0.2, 0.25) is 0 Å². The lowest BCUT2D eigenvalue weighted by Crippen LogP contribution is -2.08. The van der Waals surface area contributed by atoms with Crippen LogP contribution in [-0.4, -0.2) is 15.9 Å². The third-order valence-corrected chi connectivity index (χ3v) is 6.30. The molecule has 2 N–H and O–H groups in total. The SMILES string of the molecule is O=C(Oc1ccc(C(c2c[nH]c3ccccc23)c2c[nH]c3ccccc23)cc1)c1ccccc1. The maximum atomic E-state index is 12.5. The molecular formula is C30H22N2O2. The molecule has 6 aromatic rings. The molecular weight excluding hydrogens is 420 g/mol. The molecule has 0 spiro atoms. The maximum Gasteiger partial charge on any atom is 0.343 e. The Morgan fingerprint density at radius 3 is 1.74 bits per heavy atom. The largest absolute Gasteiger partial charge is 0.423 e. The van der Waals surface area contributed by atoms with Crippen LogP contribution in [0.3, 0.4) is 0 Å². The highest BCUT2D eigenvalue weighted by Crippen LogP contribution is 2.39. The summed E-state index contributed by atoms with van der Waals surface area (Å²) in [4.78, 5) is 19.3. The number of benzene rings is 4. The summed E-state index contributed by atoms with van der Waals surface area (Å²) in [6, 6.07) is 33.6. The van der Waals surface area contributed by atoms with Gasteiger partial charge in [0.05, 0.1) is 5.56 Å². The molecule has 0 aliphatic rings. The van der Waals surface area contributed by atoms with Crippen molar-refractivity contribution in [1.29, 1.82) is 0 Å². The smallest absolute Gasteiger partial charge is 0.343 e. The van der Waals surface area contributed by atoms with Gasteiger partial charge >= 0.3 is 5.97 Å². The van der Waals surface area contributed by atoms with Crippen molar-refractivity contribution in [3.63, 3.8) is 0 Å². The minimum Gasteiger partial charge on any atom is -0.423 e. The Hall–Kier alpha value is -4.57. The average Bonchev–Trinajstić information content (AvgIpc) is 3.51. The number of para-hydroxylation sites is 2. The van der Waals surface area contributed by atoms with Crippen LogP contribution in [0.1, 0.15) is 33.0 Å². The van der Waals surface area contributed by atoms with Crippen LogP contribution in [0.4, 0.5) is 0 Å². The minimum atomic E-state index is -0.363. The fraction of sp³-hybridized carbons (Fsp3) is 0.0333. The van der Waals surface area contributed by atoms with Crippen LogP contribution >= 0.6 is 0 Å². The van der Waals surface area contributed by atoms with Gasteiger partial charge in [-0.25, -0.2) is 4.79 Å². The summed E-state index contributed by atoms with van der Waals surface area (Å²) in [6.45, 7) is 0. The van der Waals surface area contributed by atoms with Crippen molar-refractivity contribution in [3.05, 3.63) is 138 Å². The number of carbonyl (C=O) groups excluding carboxylic acids is 1.